The van der Waals surface area contributed by atoms with E-state index in [1.165, 1.54) is 16.7 Å². The maximum absolute atomic E-state index is 12.2. The summed E-state index contributed by atoms with van der Waals surface area (Å²) >= 11 is 1.53. The molecule has 2 aliphatic rings. The molecule has 2 N–H and O–H groups in total. The number of carbonyl (C=O) groups is 2. The molecule has 0 bridgehead atoms. The summed E-state index contributed by atoms with van der Waals surface area (Å²) in [4.78, 5) is 24.9. The molecule has 0 saturated carbocycles. The van der Waals surface area contributed by atoms with Crippen molar-refractivity contribution in [2.45, 2.75) is 50.1 Å². The van der Waals surface area contributed by atoms with Gasteiger partial charge in [-0.25, -0.2) is 9.59 Å². The lowest BCUT2D eigenvalue weighted by Gasteiger charge is -2.27. The highest BCUT2D eigenvalue weighted by Crippen LogP contribution is 2.31. The van der Waals surface area contributed by atoms with Crippen LogP contribution in [0, 0.1) is 0 Å². The SMILES string of the molecule is CCC1SCC(C(=O)O)N1C(=O)NCCC1CCCO1. The van der Waals surface area contributed by atoms with E-state index in [0.717, 1.165) is 32.3 Å². The van der Waals surface area contributed by atoms with Crippen molar-refractivity contribution in [1.29, 1.82) is 0 Å². The normalized spacial score (nSPS) is 29.6. The van der Waals surface area contributed by atoms with E-state index in [9.17, 15) is 14.7 Å². The Morgan fingerprint density at radius 2 is 2.30 bits per heavy atom. The molecule has 2 aliphatic heterocycles. The standard InChI is InChI=1S/C13H22N2O4S/c1-2-11-15(10(8-20-11)12(16)17)13(18)14-6-5-9-4-3-7-19-9/h9-11H,2-8H2,1H3,(H,14,18)(H,16,17). The van der Waals surface area contributed by atoms with Gasteiger partial charge < -0.3 is 15.2 Å². The highest BCUT2D eigenvalue weighted by atomic mass is 32.2. The summed E-state index contributed by atoms with van der Waals surface area (Å²) in [5.41, 5.74) is 0. The molecule has 2 saturated heterocycles. The summed E-state index contributed by atoms with van der Waals surface area (Å²) in [5, 5.41) is 12.0. The van der Waals surface area contributed by atoms with Crippen LogP contribution < -0.4 is 5.32 Å². The predicted octanol–water partition coefficient (Wildman–Crippen LogP) is 1.50. The number of thioether (sulfide) groups is 1. The molecule has 0 aliphatic carbocycles. The van der Waals surface area contributed by atoms with Crippen molar-refractivity contribution in [3.05, 3.63) is 0 Å². The van der Waals surface area contributed by atoms with Gasteiger partial charge in [0, 0.05) is 18.9 Å². The Hall–Kier alpha value is -0.950. The Balaban J connectivity index is 1.83. The minimum Gasteiger partial charge on any atom is -0.480 e. The number of rotatable bonds is 5. The molecule has 2 amide bonds. The van der Waals surface area contributed by atoms with Gasteiger partial charge in [0.15, 0.2) is 0 Å². The molecule has 2 heterocycles. The minimum atomic E-state index is -0.928. The van der Waals surface area contributed by atoms with Crippen molar-refractivity contribution < 1.29 is 19.4 Å². The molecule has 0 spiro atoms. The maximum Gasteiger partial charge on any atom is 0.327 e. The summed E-state index contributed by atoms with van der Waals surface area (Å²) in [6.45, 7) is 3.31. The van der Waals surface area contributed by atoms with Crippen molar-refractivity contribution in [3.63, 3.8) is 0 Å². The van der Waals surface area contributed by atoms with Crippen LogP contribution in [0.5, 0.6) is 0 Å². The number of hydrogen-bond donors (Lipinski definition) is 2. The first-order valence-corrected chi connectivity index (χ1v) is 8.20. The molecule has 0 aromatic rings. The van der Waals surface area contributed by atoms with Crippen LogP contribution in [0.3, 0.4) is 0 Å². The van der Waals surface area contributed by atoms with Gasteiger partial charge in [-0.1, -0.05) is 6.92 Å². The zero-order valence-electron chi connectivity index (χ0n) is 11.7. The van der Waals surface area contributed by atoms with Crippen molar-refractivity contribution in [2.75, 3.05) is 18.9 Å². The zero-order valence-corrected chi connectivity index (χ0v) is 12.5. The second-order valence-corrected chi connectivity index (χ2v) is 6.32. The van der Waals surface area contributed by atoms with Gasteiger partial charge in [-0.2, -0.15) is 0 Å². The lowest BCUT2D eigenvalue weighted by Crippen LogP contribution is -2.50. The van der Waals surface area contributed by atoms with Crippen molar-refractivity contribution in [3.8, 4) is 0 Å². The molecule has 114 valence electrons. The first-order chi connectivity index (χ1) is 9.63. The fourth-order valence-electron chi connectivity index (χ4n) is 2.64. The first kappa shape index (κ1) is 15.4. The highest BCUT2D eigenvalue weighted by Gasteiger charge is 2.40. The van der Waals surface area contributed by atoms with Gasteiger partial charge in [-0.05, 0) is 25.7 Å². The van der Waals surface area contributed by atoms with E-state index in [2.05, 4.69) is 5.32 Å². The number of hydrogen-bond acceptors (Lipinski definition) is 4. The number of amides is 2. The number of carbonyl (C=O) groups excluding carboxylic acids is 1. The van der Waals surface area contributed by atoms with E-state index in [0.29, 0.717) is 12.3 Å². The largest absolute Gasteiger partial charge is 0.480 e. The average molecular weight is 302 g/mol. The molecular formula is C13H22N2O4S. The molecule has 0 radical (unpaired) electrons. The fraction of sp³-hybridized carbons (Fsp3) is 0.846. The molecule has 6 nitrogen and oxygen atoms in total. The molecule has 7 heteroatoms. The van der Waals surface area contributed by atoms with E-state index >= 15 is 0 Å². The summed E-state index contributed by atoms with van der Waals surface area (Å²) < 4.78 is 5.50. The second kappa shape index (κ2) is 7.17. The Labute approximate surface area is 123 Å². The van der Waals surface area contributed by atoms with Gasteiger partial charge in [0.25, 0.3) is 0 Å². The molecular weight excluding hydrogens is 280 g/mol. The molecule has 0 aromatic carbocycles. The number of urea groups is 1. The summed E-state index contributed by atoms with van der Waals surface area (Å²) in [6.07, 6.45) is 3.92. The van der Waals surface area contributed by atoms with Crippen LogP contribution in [0.15, 0.2) is 0 Å². The van der Waals surface area contributed by atoms with Crippen LogP contribution in [0.4, 0.5) is 4.79 Å². The van der Waals surface area contributed by atoms with Gasteiger partial charge in [0.2, 0.25) is 0 Å². The summed E-state index contributed by atoms with van der Waals surface area (Å²) in [7, 11) is 0. The van der Waals surface area contributed by atoms with Gasteiger partial charge in [0.05, 0.1) is 11.5 Å². The van der Waals surface area contributed by atoms with Crippen LogP contribution in [0.25, 0.3) is 0 Å². The van der Waals surface area contributed by atoms with Crippen molar-refractivity contribution in [2.24, 2.45) is 0 Å². The smallest absolute Gasteiger partial charge is 0.327 e. The van der Waals surface area contributed by atoms with Gasteiger partial charge in [-0.3, -0.25) is 4.90 Å². The summed E-state index contributed by atoms with van der Waals surface area (Å²) in [5.74, 6) is -0.463. The third-order valence-corrected chi connectivity index (χ3v) is 5.18. The molecule has 0 aromatic heterocycles. The average Bonchev–Trinajstić information content (AvgIpc) is 3.07. The molecule has 3 unspecified atom stereocenters. The first-order valence-electron chi connectivity index (χ1n) is 7.15. The number of carboxylic acids is 1. The van der Waals surface area contributed by atoms with Crippen molar-refractivity contribution >= 4 is 23.8 Å². The lowest BCUT2D eigenvalue weighted by atomic mass is 10.2. The van der Waals surface area contributed by atoms with Crippen LogP contribution in [0.1, 0.15) is 32.6 Å². The molecule has 3 atom stereocenters. The van der Waals surface area contributed by atoms with E-state index < -0.39 is 12.0 Å². The zero-order chi connectivity index (χ0) is 14.5. The van der Waals surface area contributed by atoms with Gasteiger partial charge in [-0.15, -0.1) is 11.8 Å². The van der Waals surface area contributed by atoms with E-state index in [1.807, 2.05) is 6.92 Å². The Bertz CT molecular complexity index is 360. The fourth-order valence-corrected chi connectivity index (χ4v) is 3.99. The highest BCUT2D eigenvalue weighted by molar-refractivity contribution is 8.00. The third-order valence-electron chi connectivity index (χ3n) is 3.73. The lowest BCUT2D eigenvalue weighted by molar-refractivity contribution is -0.141. The van der Waals surface area contributed by atoms with Gasteiger partial charge >= 0.3 is 12.0 Å². The van der Waals surface area contributed by atoms with Gasteiger partial charge in [0.1, 0.15) is 6.04 Å². The van der Waals surface area contributed by atoms with Crippen LogP contribution in [-0.4, -0.2) is 58.4 Å². The van der Waals surface area contributed by atoms with Crippen LogP contribution >= 0.6 is 11.8 Å². The topological polar surface area (TPSA) is 78.9 Å². The second-order valence-electron chi connectivity index (χ2n) is 5.11. The predicted molar refractivity (Wildman–Crippen MR) is 76.8 cm³/mol. The van der Waals surface area contributed by atoms with Crippen LogP contribution in [0.2, 0.25) is 0 Å². The number of aliphatic carboxylic acids is 1. The van der Waals surface area contributed by atoms with E-state index in [-0.39, 0.29) is 17.5 Å². The summed E-state index contributed by atoms with van der Waals surface area (Å²) in [6, 6.07) is -0.986. The molecule has 20 heavy (non-hydrogen) atoms. The number of nitrogens with zero attached hydrogens (tertiary/aromatic N) is 1. The van der Waals surface area contributed by atoms with Crippen LogP contribution in [-0.2, 0) is 9.53 Å². The quantitative estimate of drug-likeness (QED) is 0.804. The number of carboxylic acid groups (broad SMARTS) is 1. The Kier molecular flexibility index (Phi) is 5.54. The van der Waals surface area contributed by atoms with E-state index in [4.69, 9.17) is 4.74 Å². The van der Waals surface area contributed by atoms with E-state index in [1.54, 1.807) is 0 Å². The number of ether oxygens (including phenoxy) is 1. The number of nitrogens with one attached hydrogen (secondary N) is 1. The molecule has 2 rings (SSSR count). The Morgan fingerprint density at radius 1 is 1.50 bits per heavy atom. The minimum absolute atomic E-state index is 0.0427. The third kappa shape index (κ3) is 3.58. The monoisotopic (exact) mass is 302 g/mol. The van der Waals surface area contributed by atoms with Crippen molar-refractivity contribution in [1.82, 2.24) is 10.2 Å². The Morgan fingerprint density at radius 3 is 2.90 bits per heavy atom. The molecule has 2 fully saturated rings. The maximum atomic E-state index is 12.2.